The molecule has 0 aliphatic carbocycles. The van der Waals surface area contributed by atoms with Crippen molar-refractivity contribution in [1.82, 2.24) is 4.72 Å². The molecule has 0 fully saturated rings. The second kappa shape index (κ2) is 9.36. The predicted molar refractivity (Wildman–Crippen MR) is 115 cm³/mol. The van der Waals surface area contributed by atoms with Gasteiger partial charge in [0.2, 0.25) is 10.0 Å². The third kappa shape index (κ3) is 5.80. The van der Waals surface area contributed by atoms with Gasteiger partial charge in [0.05, 0.1) is 11.4 Å². The number of carbonyl (C=O) groups is 1. The molecular formula is C20H29BrF3NO5S. The van der Waals surface area contributed by atoms with Crippen molar-refractivity contribution >= 4 is 31.9 Å². The van der Waals surface area contributed by atoms with Crippen LogP contribution in [0.4, 0.5) is 13.2 Å². The van der Waals surface area contributed by atoms with Gasteiger partial charge in [-0.25, -0.2) is 26.4 Å². The van der Waals surface area contributed by atoms with Crippen LogP contribution in [0.15, 0.2) is 22.7 Å². The van der Waals surface area contributed by atoms with E-state index < -0.39 is 55.8 Å². The Hall–Kier alpha value is -1.17. The third-order valence-electron chi connectivity index (χ3n) is 4.85. The average Bonchev–Trinajstić information content (AvgIpc) is 2.60. The summed E-state index contributed by atoms with van der Waals surface area (Å²) >= 11 is 3.11. The number of benzene rings is 1. The lowest BCUT2D eigenvalue weighted by atomic mass is 9.78. The summed E-state index contributed by atoms with van der Waals surface area (Å²) in [7, 11) is -4.38. The fourth-order valence-corrected chi connectivity index (χ4v) is 4.17. The van der Waals surface area contributed by atoms with Crippen molar-refractivity contribution in [3.8, 4) is 0 Å². The van der Waals surface area contributed by atoms with Gasteiger partial charge in [-0.15, -0.1) is 0 Å². The lowest BCUT2D eigenvalue weighted by molar-refractivity contribution is -0.231. The van der Waals surface area contributed by atoms with Crippen LogP contribution in [0.2, 0.25) is 0 Å². The molecule has 0 amide bonds. The summed E-state index contributed by atoms with van der Waals surface area (Å²) < 4.78 is 83.2. The van der Waals surface area contributed by atoms with E-state index in [1.807, 2.05) is 4.72 Å². The Bertz CT molecular complexity index is 916. The van der Waals surface area contributed by atoms with Crippen molar-refractivity contribution < 1.29 is 35.9 Å². The lowest BCUT2D eigenvalue weighted by Crippen LogP contribution is -2.66. The molecule has 31 heavy (non-hydrogen) atoms. The minimum atomic E-state index is -4.38. The highest BCUT2D eigenvalue weighted by atomic mass is 79.9. The van der Waals surface area contributed by atoms with Gasteiger partial charge < -0.3 is 9.47 Å². The molecule has 1 unspecified atom stereocenters. The number of rotatable bonds is 9. The van der Waals surface area contributed by atoms with Crippen LogP contribution in [-0.4, -0.2) is 43.9 Å². The summed E-state index contributed by atoms with van der Waals surface area (Å²) in [6.07, 6.45) is 0. The molecule has 0 aliphatic rings. The highest BCUT2D eigenvalue weighted by Crippen LogP contribution is 2.48. The van der Waals surface area contributed by atoms with E-state index in [0.717, 1.165) is 32.9 Å². The van der Waals surface area contributed by atoms with Crippen LogP contribution in [0, 0.1) is 5.82 Å². The highest BCUT2D eigenvalue weighted by Gasteiger charge is 2.64. The third-order valence-corrected chi connectivity index (χ3v) is 7.63. The van der Waals surface area contributed by atoms with Gasteiger partial charge in [0.1, 0.15) is 23.6 Å². The van der Waals surface area contributed by atoms with Crippen molar-refractivity contribution in [2.24, 2.45) is 0 Å². The fourth-order valence-electron chi connectivity index (χ4n) is 2.73. The fraction of sp³-hybridized carbons (Fsp3) is 0.650. The molecule has 0 radical (unpaired) electrons. The monoisotopic (exact) mass is 531 g/mol. The van der Waals surface area contributed by atoms with E-state index in [1.165, 1.54) is 26.8 Å². The zero-order valence-corrected chi connectivity index (χ0v) is 21.0. The summed E-state index contributed by atoms with van der Waals surface area (Å²) in [5, 5.41) is 0. The number of halogens is 4. The van der Waals surface area contributed by atoms with E-state index in [9.17, 15) is 17.6 Å². The highest BCUT2D eigenvalue weighted by molar-refractivity contribution is 9.10. The summed E-state index contributed by atoms with van der Waals surface area (Å²) in [5.74, 6) is -5.94. The Kier molecular flexibility index (Phi) is 8.42. The molecule has 0 saturated carbocycles. The minimum absolute atomic E-state index is 0.0331. The van der Waals surface area contributed by atoms with Crippen LogP contribution < -0.4 is 4.72 Å². The SMILES string of the molecule is CCOC(=O)COC(C)(C)C(F)(F)C(C)(NS(=O)(=O)C(C)(C)C)c1cc(Br)ccc1F. The second-order valence-corrected chi connectivity index (χ2v) is 12.0. The first kappa shape index (κ1) is 27.9. The normalized spacial score (nSPS) is 15.5. The van der Waals surface area contributed by atoms with Gasteiger partial charge in [0.25, 0.3) is 5.92 Å². The van der Waals surface area contributed by atoms with E-state index in [1.54, 1.807) is 6.92 Å². The summed E-state index contributed by atoms with van der Waals surface area (Å²) in [5.41, 5.74) is -5.76. The van der Waals surface area contributed by atoms with Gasteiger partial charge in [0.15, 0.2) is 0 Å². The topological polar surface area (TPSA) is 81.7 Å². The molecule has 178 valence electrons. The van der Waals surface area contributed by atoms with Crippen LogP contribution in [0.25, 0.3) is 0 Å². The van der Waals surface area contributed by atoms with Gasteiger partial charge in [-0.05, 0) is 66.7 Å². The average molecular weight is 532 g/mol. The van der Waals surface area contributed by atoms with E-state index in [4.69, 9.17) is 9.47 Å². The Morgan fingerprint density at radius 2 is 1.68 bits per heavy atom. The molecule has 1 atom stereocenters. The van der Waals surface area contributed by atoms with Crippen molar-refractivity contribution in [3.63, 3.8) is 0 Å². The quantitative estimate of drug-likeness (QED) is 0.474. The zero-order chi connectivity index (χ0) is 24.5. The Morgan fingerprint density at radius 1 is 1.13 bits per heavy atom. The number of ether oxygens (including phenoxy) is 2. The van der Waals surface area contributed by atoms with Gasteiger partial charge in [-0.2, -0.15) is 4.72 Å². The molecule has 0 bridgehead atoms. The van der Waals surface area contributed by atoms with E-state index in [0.29, 0.717) is 0 Å². The molecule has 0 spiro atoms. The van der Waals surface area contributed by atoms with E-state index in [2.05, 4.69) is 15.9 Å². The number of nitrogens with one attached hydrogen (secondary N) is 1. The summed E-state index contributed by atoms with van der Waals surface area (Å²) in [6, 6.07) is 3.33. The smallest absolute Gasteiger partial charge is 0.332 e. The molecule has 11 heteroatoms. The molecule has 1 aromatic carbocycles. The Labute approximate surface area is 190 Å². The number of alkyl halides is 2. The maximum atomic E-state index is 16.0. The second-order valence-electron chi connectivity index (χ2n) is 8.65. The maximum absolute atomic E-state index is 16.0. The van der Waals surface area contributed by atoms with Crippen molar-refractivity contribution in [3.05, 3.63) is 34.1 Å². The largest absolute Gasteiger partial charge is 0.464 e. The lowest BCUT2D eigenvalue weighted by Gasteiger charge is -2.46. The Balaban J connectivity index is 3.65. The van der Waals surface area contributed by atoms with Crippen molar-refractivity contribution in [1.29, 1.82) is 0 Å². The zero-order valence-electron chi connectivity index (χ0n) is 18.6. The number of esters is 1. The predicted octanol–water partition coefficient (Wildman–Crippen LogP) is 4.51. The molecule has 6 nitrogen and oxygen atoms in total. The molecule has 1 aromatic rings. The van der Waals surface area contributed by atoms with Gasteiger partial charge >= 0.3 is 5.97 Å². The number of hydrogen-bond donors (Lipinski definition) is 1. The first-order chi connectivity index (χ1) is 13.8. The standard InChI is InChI=1S/C20H29BrF3NO5S/c1-8-29-16(26)12-30-18(5,6)20(23,24)19(7,25-31(27,28)17(2,3)4)14-11-13(21)9-10-15(14)22/h9-11,25H,8,12H2,1-7H3. The first-order valence-corrected chi connectivity index (χ1v) is 11.8. The van der Waals surface area contributed by atoms with Crippen LogP contribution in [0.3, 0.4) is 0 Å². The molecule has 1 N–H and O–H groups in total. The van der Waals surface area contributed by atoms with Crippen LogP contribution in [0.5, 0.6) is 0 Å². The summed E-state index contributed by atoms with van der Waals surface area (Å²) in [4.78, 5) is 11.6. The first-order valence-electron chi connectivity index (χ1n) is 9.49. The van der Waals surface area contributed by atoms with Crippen LogP contribution in [-0.2, 0) is 29.8 Å². The molecular weight excluding hydrogens is 503 g/mol. The van der Waals surface area contributed by atoms with Gasteiger partial charge in [-0.3, -0.25) is 0 Å². The summed E-state index contributed by atoms with van der Waals surface area (Å²) in [6.45, 7) is 7.64. The number of sulfonamides is 1. The number of carbonyl (C=O) groups excluding carboxylic acids is 1. The molecule has 0 aromatic heterocycles. The number of hydrogen-bond acceptors (Lipinski definition) is 5. The van der Waals surface area contributed by atoms with Crippen molar-refractivity contribution in [2.75, 3.05) is 13.2 Å². The van der Waals surface area contributed by atoms with Crippen molar-refractivity contribution in [2.45, 2.75) is 70.3 Å². The van der Waals surface area contributed by atoms with Crippen LogP contribution >= 0.6 is 15.9 Å². The van der Waals surface area contributed by atoms with E-state index >= 15 is 8.78 Å². The maximum Gasteiger partial charge on any atom is 0.332 e. The molecule has 0 saturated heterocycles. The van der Waals surface area contributed by atoms with Gasteiger partial charge in [0, 0.05) is 10.0 Å². The molecule has 0 heterocycles. The molecule has 0 aliphatic heterocycles. The molecule has 1 rings (SSSR count). The Morgan fingerprint density at radius 3 is 2.16 bits per heavy atom. The van der Waals surface area contributed by atoms with Crippen LogP contribution in [0.1, 0.15) is 54.0 Å². The van der Waals surface area contributed by atoms with Gasteiger partial charge in [-0.1, -0.05) is 15.9 Å². The van der Waals surface area contributed by atoms with E-state index in [-0.39, 0.29) is 11.1 Å². The minimum Gasteiger partial charge on any atom is -0.464 e.